The molecule has 1 N–H and O–H groups in total. The summed E-state index contributed by atoms with van der Waals surface area (Å²) in [5.41, 5.74) is 1.000. The highest BCUT2D eigenvalue weighted by atomic mass is 16.5. The second-order valence-corrected chi connectivity index (χ2v) is 6.38. The zero-order chi connectivity index (χ0) is 16.8. The zero-order valence-corrected chi connectivity index (χ0v) is 15.2. The van der Waals surface area contributed by atoms with Crippen molar-refractivity contribution in [1.82, 2.24) is 20.3 Å². The van der Waals surface area contributed by atoms with Crippen LogP contribution in [0.4, 0.5) is 0 Å². The van der Waals surface area contributed by atoms with E-state index in [1.54, 1.807) is 0 Å². The molecule has 0 spiro atoms. The molecule has 0 amide bonds. The molecule has 0 bridgehead atoms. The molecule has 0 radical (unpaired) electrons. The summed E-state index contributed by atoms with van der Waals surface area (Å²) >= 11 is 0. The van der Waals surface area contributed by atoms with Crippen molar-refractivity contribution in [3.8, 4) is 0 Å². The maximum Gasteiger partial charge on any atom is 0.194 e. The number of likely N-dealkylation sites (tertiary alicyclic amines) is 1. The van der Waals surface area contributed by atoms with Crippen molar-refractivity contribution in [1.29, 1.82) is 0 Å². The fourth-order valence-electron chi connectivity index (χ4n) is 3.16. The summed E-state index contributed by atoms with van der Waals surface area (Å²) in [5.74, 6) is 2.19. The van der Waals surface area contributed by atoms with Gasteiger partial charge in [0, 0.05) is 32.2 Å². The van der Waals surface area contributed by atoms with Crippen LogP contribution in [0, 0.1) is 0 Å². The molecule has 23 heavy (non-hydrogen) atoms. The van der Waals surface area contributed by atoms with E-state index in [1.165, 1.54) is 6.42 Å². The predicted molar refractivity (Wildman–Crippen MR) is 93.7 cm³/mol. The van der Waals surface area contributed by atoms with E-state index in [0.29, 0.717) is 18.5 Å². The molecule has 0 aliphatic carbocycles. The first kappa shape index (κ1) is 17.8. The average molecular weight is 321 g/mol. The molecule has 1 unspecified atom stereocenters. The highest BCUT2D eigenvalue weighted by molar-refractivity contribution is 5.80. The smallest absolute Gasteiger partial charge is 0.194 e. The molecule has 0 saturated carbocycles. The second-order valence-electron chi connectivity index (χ2n) is 6.38. The van der Waals surface area contributed by atoms with Crippen LogP contribution in [-0.4, -0.2) is 60.2 Å². The number of hydrogen-bond donors (Lipinski definition) is 1. The fourth-order valence-corrected chi connectivity index (χ4v) is 3.16. The number of nitrogens with one attached hydrogen (secondary N) is 1. The van der Waals surface area contributed by atoms with Crippen LogP contribution in [0.15, 0.2) is 15.6 Å². The Morgan fingerprint density at radius 3 is 2.78 bits per heavy atom. The minimum Gasteiger partial charge on any atom is -0.359 e. The van der Waals surface area contributed by atoms with Crippen molar-refractivity contribution in [2.75, 3.05) is 33.2 Å². The average Bonchev–Trinajstić information content (AvgIpc) is 3.19. The molecule has 1 aliphatic rings. The lowest BCUT2D eigenvalue weighted by molar-refractivity contribution is 0.223. The minimum absolute atomic E-state index is 0.389. The van der Waals surface area contributed by atoms with Crippen LogP contribution in [0.5, 0.6) is 0 Å². The molecule has 130 valence electrons. The van der Waals surface area contributed by atoms with Gasteiger partial charge in [-0.25, -0.2) is 0 Å². The van der Waals surface area contributed by atoms with E-state index in [0.717, 1.165) is 43.6 Å². The number of hydrogen-bond acceptors (Lipinski definition) is 4. The number of rotatable bonds is 6. The van der Waals surface area contributed by atoms with Gasteiger partial charge in [-0.1, -0.05) is 32.9 Å². The van der Waals surface area contributed by atoms with Gasteiger partial charge < -0.3 is 14.7 Å². The van der Waals surface area contributed by atoms with E-state index in [2.05, 4.69) is 53.0 Å². The summed E-state index contributed by atoms with van der Waals surface area (Å²) in [6.07, 6.45) is 1.20. The van der Waals surface area contributed by atoms with Gasteiger partial charge in [0.15, 0.2) is 11.7 Å². The summed E-state index contributed by atoms with van der Waals surface area (Å²) in [6.45, 7) is 13.6. The lowest BCUT2D eigenvalue weighted by Gasteiger charge is -2.27. The van der Waals surface area contributed by atoms with Crippen LogP contribution in [0.25, 0.3) is 0 Å². The van der Waals surface area contributed by atoms with Crippen LogP contribution in [0.1, 0.15) is 51.5 Å². The predicted octanol–water partition coefficient (Wildman–Crippen LogP) is 2.29. The van der Waals surface area contributed by atoms with Gasteiger partial charge in [0.2, 0.25) is 0 Å². The van der Waals surface area contributed by atoms with Gasteiger partial charge in [-0.15, -0.1) is 0 Å². The van der Waals surface area contributed by atoms with Gasteiger partial charge in [-0.05, 0) is 25.4 Å². The van der Waals surface area contributed by atoms with Gasteiger partial charge in [-0.2, -0.15) is 0 Å². The molecule has 1 saturated heterocycles. The Bertz CT molecular complexity index is 507. The number of guanidine groups is 1. The van der Waals surface area contributed by atoms with Gasteiger partial charge >= 0.3 is 0 Å². The molecule has 1 aliphatic heterocycles. The molecule has 2 heterocycles. The molecule has 2 rings (SSSR count). The van der Waals surface area contributed by atoms with Crippen molar-refractivity contribution in [2.45, 2.75) is 52.6 Å². The van der Waals surface area contributed by atoms with Crippen LogP contribution < -0.4 is 5.32 Å². The highest BCUT2D eigenvalue weighted by Crippen LogP contribution is 2.16. The van der Waals surface area contributed by atoms with Crippen LogP contribution in [-0.2, 0) is 6.54 Å². The third kappa shape index (κ3) is 4.47. The van der Waals surface area contributed by atoms with Crippen molar-refractivity contribution in [3.63, 3.8) is 0 Å². The highest BCUT2D eigenvalue weighted by Gasteiger charge is 2.28. The third-order valence-electron chi connectivity index (χ3n) is 4.59. The Morgan fingerprint density at radius 1 is 1.48 bits per heavy atom. The van der Waals surface area contributed by atoms with Crippen molar-refractivity contribution in [2.24, 2.45) is 4.99 Å². The fraction of sp³-hybridized carbons (Fsp3) is 0.765. The minimum atomic E-state index is 0.389. The lowest BCUT2D eigenvalue weighted by Crippen LogP contribution is -2.43. The first-order valence-corrected chi connectivity index (χ1v) is 8.74. The SMILES string of the molecule is CCN(CC)C1CCN(C(=NC)NCc2cc(C(C)C)no2)C1. The van der Waals surface area contributed by atoms with Crippen molar-refractivity contribution < 1.29 is 4.52 Å². The third-order valence-corrected chi connectivity index (χ3v) is 4.59. The molecule has 1 fully saturated rings. The first-order valence-electron chi connectivity index (χ1n) is 8.74. The summed E-state index contributed by atoms with van der Waals surface area (Å²) in [5, 5.41) is 7.50. The standard InChI is InChI=1S/C17H31N5O/c1-6-21(7-2)14-8-9-22(12-14)17(18-5)19-11-15-10-16(13(3)4)20-23-15/h10,13-14H,6-9,11-12H2,1-5H3,(H,18,19). The van der Waals surface area contributed by atoms with E-state index in [-0.39, 0.29) is 0 Å². The molecule has 6 nitrogen and oxygen atoms in total. The van der Waals surface area contributed by atoms with Crippen molar-refractivity contribution >= 4 is 5.96 Å². The van der Waals surface area contributed by atoms with Gasteiger partial charge in [0.05, 0.1) is 12.2 Å². The maximum atomic E-state index is 5.38. The molecule has 6 heteroatoms. The Kier molecular flexibility index (Phi) is 6.45. The van der Waals surface area contributed by atoms with E-state index in [4.69, 9.17) is 4.52 Å². The summed E-state index contributed by atoms with van der Waals surface area (Å²) in [7, 11) is 1.84. The Morgan fingerprint density at radius 2 is 2.22 bits per heavy atom. The molecule has 1 aromatic rings. The van der Waals surface area contributed by atoms with E-state index < -0.39 is 0 Å². The van der Waals surface area contributed by atoms with Crippen molar-refractivity contribution in [3.05, 3.63) is 17.5 Å². The van der Waals surface area contributed by atoms with Gasteiger partial charge in [0.25, 0.3) is 0 Å². The Balaban J connectivity index is 1.88. The first-order chi connectivity index (χ1) is 11.1. The van der Waals surface area contributed by atoms with Crippen LogP contribution in [0.3, 0.4) is 0 Å². The molecular weight excluding hydrogens is 290 g/mol. The number of likely N-dealkylation sites (N-methyl/N-ethyl adjacent to an activating group) is 1. The summed E-state index contributed by atoms with van der Waals surface area (Å²) < 4.78 is 5.38. The number of aliphatic imine (C=N–C) groups is 1. The zero-order valence-electron chi connectivity index (χ0n) is 15.2. The molecule has 0 aromatic carbocycles. The normalized spacial score (nSPS) is 19.2. The molecule has 1 atom stereocenters. The number of nitrogens with zero attached hydrogens (tertiary/aromatic N) is 4. The van der Waals surface area contributed by atoms with E-state index in [9.17, 15) is 0 Å². The quantitative estimate of drug-likeness (QED) is 0.643. The Labute approximate surface area is 139 Å². The summed E-state index contributed by atoms with van der Waals surface area (Å²) in [4.78, 5) is 9.29. The monoisotopic (exact) mass is 321 g/mol. The van der Waals surface area contributed by atoms with Gasteiger partial charge in [-0.3, -0.25) is 9.89 Å². The topological polar surface area (TPSA) is 56.9 Å². The maximum absolute atomic E-state index is 5.38. The molecule has 1 aromatic heterocycles. The van der Waals surface area contributed by atoms with Crippen LogP contribution in [0.2, 0.25) is 0 Å². The van der Waals surface area contributed by atoms with E-state index >= 15 is 0 Å². The lowest BCUT2D eigenvalue weighted by atomic mass is 10.1. The summed E-state index contributed by atoms with van der Waals surface area (Å²) in [6, 6.07) is 2.65. The largest absolute Gasteiger partial charge is 0.359 e. The number of aromatic nitrogens is 1. The van der Waals surface area contributed by atoms with Crippen LogP contribution >= 0.6 is 0 Å². The second kappa shape index (κ2) is 8.34. The van der Waals surface area contributed by atoms with E-state index in [1.807, 2.05) is 13.1 Å². The van der Waals surface area contributed by atoms with Gasteiger partial charge in [0.1, 0.15) is 0 Å². The molecular formula is C17H31N5O. The Hall–Kier alpha value is -1.56.